The van der Waals surface area contributed by atoms with Crippen LogP contribution in [0.5, 0.6) is 5.75 Å². The number of hydrogen-bond acceptors (Lipinski definition) is 5. The summed E-state index contributed by atoms with van der Waals surface area (Å²) in [6, 6.07) is 6.87. The van der Waals surface area contributed by atoms with Gasteiger partial charge in [-0.15, -0.1) is 0 Å². The molecule has 0 fully saturated rings. The first-order valence-corrected chi connectivity index (χ1v) is 6.12. The molecule has 0 aliphatic heterocycles. The maximum Gasteiger partial charge on any atom is 0.227 e. The van der Waals surface area contributed by atoms with E-state index in [0.29, 0.717) is 28.1 Å². The molecule has 2 aromatic rings. The Morgan fingerprint density at radius 3 is 2.89 bits per heavy atom. The second-order valence-electron chi connectivity index (χ2n) is 3.60. The summed E-state index contributed by atoms with van der Waals surface area (Å²) in [4.78, 5) is 8.46. The Balaban J connectivity index is 2.30. The average Bonchev–Trinajstić information content (AvgIpc) is 2.41. The molecule has 1 aromatic heterocycles. The van der Waals surface area contributed by atoms with E-state index in [9.17, 15) is 0 Å². The fourth-order valence-corrected chi connectivity index (χ4v) is 1.68. The number of halogens is 1. The zero-order valence-corrected chi connectivity index (χ0v) is 11.6. The largest absolute Gasteiger partial charge is 0.497 e. The monoisotopic (exact) mass is 294 g/mol. The van der Waals surface area contributed by atoms with E-state index < -0.39 is 0 Å². The lowest BCUT2D eigenvalue weighted by molar-refractivity contribution is 0.415. The van der Waals surface area contributed by atoms with Gasteiger partial charge in [0.1, 0.15) is 16.4 Å². The third-order valence-corrected chi connectivity index (χ3v) is 2.87. The number of nitrogens with zero attached hydrogens (tertiary/aromatic N) is 2. The highest BCUT2D eigenvalue weighted by atomic mass is 35.5. The van der Waals surface area contributed by atoms with Crippen LogP contribution in [-0.2, 0) is 0 Å². The smallest absolute Gasteiger partial charge is 0.227 e. The number of benzene rings is 1. The van der Waals surface area contributed by atoms with Crippen molar-refractivity contribution in [1.82, 2.24) is 9.97 Å². The van der Waals surface area contributed by atoms with Crippen LogP contribution in [0.1, 0.15) is 5.69 Å². The van der Waals surface area contributed by atoms with E-state index in [1.807, 2.05) is 0 Å². The Labute approximate surface area is 120 Å². The number of methoxy groups -OCH3 is 1. The number of ether oxygens (including phenoxy) is 1. The summed E-state index contributed by atoms with van der Waals surface area (Å²) in [5.41, 5.74) is 6.65. The summed E-state index contributed by atoms with van der Waals surface area (Å²) in [5, 5.41) is 3.53. The fourth-order valence-electron chi connectivity index (χ4n) is 1.40. The number of rotatable bonds is 4. The number of anilines is 2. The lowest BCUT2D eigenvalue weighted by atomic mass is 10.3. The van der Waals surface area contributed by atoms with Gasteiger partial charge in [0.25, 0.3) is 0 Å². The summed E-state index contributed by atoms with van der Waals surface area (Å²) in [6.07, 6.45) is 1.57. The number of hydrogen-bond donors (Lipinski definition) is 2. The van der Waals surface area contributed by atoms with Gasteiger partial charge in [0.2, 0.25) is 5.95 Å². The van der Waals surface area contributed by atoms with Gasteiger partial charge in [-0.1, -0.05) is 23.8 Å². The highest BCUT2D eigenvalue weighted by Gasteiger charge is 2.06. The molecule has 0 saturated carbocycles. The van der Waals surface area contributed by atoms with Crippen molar-refractivity contribution in [1.29, 1.82) is 0 Å². The lowest BCUT2D eigenvalue weighted by Crippen LogP contribution is -2.12. The molecular formula is C12H11ClN4OS. The van der Waals surface area contributed by atoms with Crippen LogP contribution >= 0.6 is 23.8 Å². The van der Waals surface area contributed by atoms with Crippen molar-refractivity contribution in [3.8, 4) is 5.75 Å². The first-order valence-electron chi connectivity index (χ1n) is 5.33. The molecule has 0 aliphatic rings. The number of thiocarbonyl (C=S) groups is 1. The van der Waals surface area contributed by atoms with Crippen LogP contribution in [0.2, 0.25) is 5.02 Å². The predicted molar refractivity (Wildman–Crippen MR) is 79.2 cm³/mol. The minimum absolute atomic E-state index is 0.210. The van der Waals surface area contributed by atoms with Crippen LogP contribution < -0.4 is 15.8 Å². The zero-order valence-electron chi connectivity index (χ0n) is 10.1. The maximum atomic E-state index is 6.08. The van der Waals surface area contributed by atoms with E-state index in [-0.39, 0.29) is 4.99 Å². The quantitative estimate of drug-likeness (QED) is 0.844. The van der Waals surface area contributed by atoms with Crippen LogP contribution in [0, 0.1) is 0 Å². The van der Waals surface area contributed by atoms with E-state index in [2.05, 4.69) is 15.3 Å². The first-order chi connectivity index (χ1) is 9.10. The molecule has 2 rings (SSSR count). The Bertz CT molecular complexity index is 620. The van der Waals surface area contributed by atoms with Gasteiger partial charge in [-0.2, -0.15) is 0 Å². The molecule has 0 saturated heterocycles. The number of nitrogens with two attached hydrogens (primary N) is 1. The minimum Gasteiger partial charge on any atom is -0.497 e. The predicted octanol–water partition coefficient (Wildman–Crippen LogP) is 2.52. The van der Waals surface area contributed by atoms with E-state index in [1.165, 1.54) is 0 Å². The van der Waals surface area contributed by atoms with Crippen molar-refractivity contribution in [3.63, 3.8) is 0 Å². The second kappa shape index (κ2) is 5.81. The summed E-state index contributed by atoms with van der Waals surface area (Å²) in [5.74, 6) is 1.04. The van der Waals surface area contributed by atoms with E-state index in [0.717, 1.165) is 0 Å². The molecule has 7 heteroatoms. The molecule has 98 valence electrons. The summed E-state index contributed by atoms with van der Waals surface area (Å²) in [6.45, 7) is 0. The molecule has 3 N–H and O–H groups in total. The summed E-state index contributed by atoms with van der Waals surface area (Å²) in [7, 11) is 1.58. The first kappa shape index (κ1) is 13.5. The summed E-state index contributed by atoms with van der Waals surface area (Å²) >= 11 is 10.9. The Hall–Kier alpha value is -1.92. The molecule has 5 nitrogen and oxygen atoms in total. The average molecular weight is 295 g/mol. The van der Waals surface area contributed by atoms with Crippen molar-refractivity contribution in [2.45, 2.75) is 0 Å². The fraction of sp³-hybridized carbons (Fsp3) is 0.0833. The Kier molecular flexibility index (Phi) is 4.13. The normalized spacial score (nSPS) is 10.0. The van der Waals surface area contributed by atoms with Crippen molar-refractivity contribution in [3.05, 3.63) is 41.2 Å². The Morgan fingerprint density at radius 1 is 1.42 bits per heavy atom. The molecule has 1 heterocycles. The van der Waals surface area contributed by atoms with Crippen molar-refractivity contribution >= 4 is 40.4 Å². The van der Waals surface area contributed by atoms with Gasteiger partial charge in [-0.05, 0) is 18.2 Å². The Morgan fingerprint density at radius 2 is 2.21 bits per heavy atom. The van der Waals surface area contributed by atoms with Crippen LogP contribution in [0.3, 0.4) is 0 Å². The molecular weight excluding hydrogens is 284 g/mol. The van der Waals surface area contributed by atoms with Gasteiger partial charge in [0.15, 0.2) is 0 Å². The molecule has 0 spiro atoms. The minimum atomic E-state index is 0.210. The van der Waals surface area contributed by atoms with E-state index in [1.54, 1.807) is 37.6 Å². The topological polar surface area (TPSA) is 73.1 Å². The highest BCUT2D eigenvalue weighted by molar-refractivity contribution is 7.80. The van der Waals surface area contributed by atoms with Crippen molar-refractivity contribution in [2.24, 2.45) is 5.73 Å². The molecule has 0 radical (unpaired) electrons. The maximum absolute atomic E-state index is 6.08. The van der Waals surface area contributed by atoms with Crippen LogP contribution in [-0.4, -0.2) is 22.1 Å². The summed E-state index contributed by atoms with van der Waals surface area (Å²) < 4.78 is 5.13. The zero-order chi connectivity index (χ0) is 13.8. The van der Waals surface area contributed by atoms with Crippen molar-refractivity contribution in [2.75, 3.05) is 12.4 Å². The molecule has 0 atom stereocenters. The van der Waals surface area contributed by atoms with Gasteiger partial charge in [-0.3, -0.25) is 0 Å². The van der Waals surface area contributed by atoms with Gasteiger partial charge in [0.05, 0.1) is 17.8 Å². The molecule has 0 unspecified atom stereocenters. The lowest BCUT2D eigenvalue weighted by Gasteiger charge is -2.09. The van der Waals surface area contributed by atoms with Crippen molar-refractivity contribution < 1.29 is 4.74 Å². The second-order valence-corrected chi connectivity index (χ2v) is 4.45. The van der Waals surface area contributed by atoms with Gasteiger partial charge in [0, 0.05) is 12.3 Å². The van der Waals surface area contributed by atoms with Gasteiger partial charge < -0.3 is 15.8 Å². The van der Waals surface area contributed by atoms with Gasteiger partial charge in [-0.25, -0.2) is 9.97 Å². The standard InChI is InChI=1S/C12H11ClN4OS/c1-18-7-2-3-8(13)10(6-7)17-12-15-5-4-9(16-12)11(14)19/h2-6H,1H3,(H2,14,19)(H,15,16,17). The van der Waals surface area contributed by atoms with Gasteiger partial charge >= 0.3 is 0 Å². The molecule has 1 aromatic carbocycles. The molecule has 0 aliphatic carbocycles. The van der Waals surface area contributed by atoms with Crippen LogP contribution in [0.25, 0.3) is 0 Å². The van der Waals surface area contributed by atoms with Crippen LogP contribution in [0.15, 0.2) is 30.5 Å². The highest BCUT2D eigenvalue weighted by Crippen LogP contribution is 2.28. The molecule has 0 bridgehead atoms. The number of aromatic nitrogens is 2. The third-order valence-electron chi connectivity index (χ3n) is 2.33. The molecule has 0 amide bonds. The van der Waals surface area contributed by atoms with E-state index >= 15 is 0 Å². The van der Waals surface area contributed by atoms with E-state index in [4.69, 9.17) is 34.3 Å². The third kappa shape index (κ3) is 3.30. The molecule has 19 heavy (non-hydrogen) atoms. The number of nitrogens with one attached hydrogen (secondary N) is 1. The SMILES string of the molecule is COc1ccc(Cl)c(Nc2nccc(C(N)=S)n2)c1. The van der Waals surface area contributed by atoms with Crippen LogP contribution in [0.4, 0.5) is 11.6 Å².